The lowest BCUT2D eigenvalue weighted by Crippen LogP contribution is -2.23. The first-order valence-electron chi connectivity index (χ1n) is 8.66. The third kappa shape index (κ3) is 5.20. The number of benzene rings is 1. The Balaban J connectivity index is 1.62. The van der Waals surface area contributed by atoms with Gasteiger partial charge < -0.3 is 9.88 Å². The van der Waals surface area contributed by atoms with E-state index in [1.54, 1.807) is 25.1 Å². The maximum absolute atomic E-state index is 12.5. The molecule has 1 aliphatic rings. The number of nitrogens with one attached hydrogen (secondary N) is 1. The van der Waals surface area contributed by atoms with E-state index < -0.39 is 15.1 Å². The molecule has 0 radical (unpaired) electrons. The highest BCUT2D eigenvalue weighted by Crippen LogP contribution is 2.28. The number of carbonyl (C=O) groups is 1. The molecule has 2 unspecified atom stereocenters. The molecule has 1 N–H and O–H groups in total. The number of sulfone groups is 1. The van der Waals surface area contributed by atoms with Crippen molar-refractivity contribution < 1.29 is 13.2 Å². The third-order valence-corrected chi connectivity index (χ3v) is 8.10. The number of hydrogen-bond donors (Lipinski definition) is 1. The number of nitrogens with zero attached hydrogens (tertiary/aromatic N) is 3. The highest BCUT2D eigenvalue weighted by atomic mass is 35.5. The predicted molar refractivity (Wildman–Crippen MR) is 112 cm³/mol. The Labute approximate surface area is 178 Å². The molecule has 1 aromatic carbocycles. The van der Waals surface area contributed by atoms with Gasteiger partial charge in [-0.15, -0.1) is 10.2 Å². The van der Waals surface area contributed by atoms with Gasteiger partial charge in [0, 0.05) is 18.5 Å². The van der Waals surface area contributed by atoms with Crippen LogP contribution in [0.5, 0.6) is 0 Å². The predicted octanol–water partition coefficient (Wildman–Crippen LogP) is 3.22. The van der Waals surface area contributed by atoms with Gasteiger partial charge >= 0.3 is 0 Å². The minimum atomic E-state index is -2.92. The number of hydrogen-bond acceptors (Lipinski definition) is 6. The summed E-state index contributed by atoms with van der Waals surface area (Å²) >= 11 is 13.3. The molecule has 0 spiro atoms. The number of anilines is 1. The van der Waals surface area contributed by atoms with Gasteiger partial charge in [0.05, 0.1) is 27.5 Å². The Kier molecular flexibility index (Phi) is 6.58. The van der Waals surface area contributed by atoms with Gasteiger partial charge in [0.1, 0.15) is 5.82 Å². The monoisotopic (exact) mass is 462 g/mol. The van der Waals surface area contributed by atoms with Crippen LogP contribution in [0.3, 0.4) is 0 Å². The summed E-state index contributed by atoms with van der Waals surface area (Å²) < 4.78 is 25.1. The van der Waals surface area contributed by atoms with Crippen LogP contribution in [0.2, 0.25) is 10.0 Å². The van der Waals surface area contributed by atoms with Gasteiger partial charge in [0.15, 0.2) is 15.0 Å². The Morgan fingerprint density at radius 1 is 1.39 bits per heavy atom. The molecule has 1 fully saturated rings. The SMILES string of the molecule is CC(Sc1nnc(CC2CCS(=O)(=O)C2)n1C)C(=O)Nc1cc(Cl)ccc1Cl. The number of aromatic nitrogens is 3. The van der Waals surface area contributed by atoms with Crippen molar-refractivity contribution >= 4 is 56.4 Å². The lowest BCUT2D eigenvalue weighted by atomic mass is 10.1. The molecule has 0 bridgehead atoms. The van der Waals surface area contributed by atoms with Crippen LogP contribution in [0.4, 0.5) is 5.69 Å². The van der Waals surface area contributed by atoms with Gasteiger partial charge in [-0.1, -0.05) is 35.0 Å². The second kappa shape index (κ2) is 8.61. The largest absolute Gasteiger partial charge is 0.324 e. The van der Waals surface area contributed by atoms with Crippen LogP contribution in [0.25, 0.3) is 0 Å². The topological polar surface area (TPSA) is 93.9 Å². The van der Waals surface area contributed by atoms with Crippen molar-refractivity contribution in [2.24, 2.45) is 13.0 Å². The summed E-state index contributed by atoms with van der Waals surface area (Å²) in [4.78, 5) is 12.5. The molecule has 1 aliphatic heterocycles. The lowest BCUT2D eigenvalue weighted by molar-refractivity contribution is -0.115. The Morgan fingerprint density at radius 2 is 2.14 bits per heavy atom. The average Bonchev–Trinajstić information content (AvgIpc) is 3.14. The molecule has 7 nitrogen and oxygen atoms in total. The number of halogens is 2. The number of thioether (sulfide) groups is 1. The summed E-state index contributed by atoms with van der Waals surface area (Å²) in [6.07, 6.45) is 1.21. The van der Waals surface area contributed by atoms with Crippen molar-refractivity contribution in [2.45, 2.75) is 30.2 Å². The van der Waals surface area contributed by atoms with Gasteiger partial charge in [0.25, 0.3) is 0 Å². The van der Waals surface area contributed by atoms with E-state index in [2.05, 4.69) is 15.5 Å². The number of amides is 1. The van der Waals surface area contributed by atoms with Crippen molar-refractivity contribution in [2.75, 3.05) is 16.8 Å². The van der Waals surface area contributed by atoms with Crippen LogP contribution in [0.15, 0.2) is 23.4 Å². The lowest BCUT2D eigenvalue weighted by Gasteiger charge is -2.13. The first-order valence-corrected chi connectivity index (χ1v) is 12.1. The minimum Gasteiger partial charge on any atom is -0.324 e. The second-order valence-electron chi connectivity index (χ2n) is 6.80. The van der Waals surface area contributed by atoms with Crippen LogP contribution in [-0.2, 0) is 28.1 Å². The summed E-state index contributed by atoms with van der Waals surface area (Å²) in [5.41, 5.74) is 0.452. The zero-order valence-electron chi connectivity index (χ0n) is 15.4. The number of rotatable bonds is 6. The smallest absolute Gasteiger partial charge is 0.237 e. The van der Waals surface area contributed by atoms with Gasteiger partial charge in [-0.2, -0.15) is 0 Å². The standard InChI is InChI=1S/C17H20Cl2N4O3S2/c1-10(16(24)20-14-8-12(18)3-4-13(14)19)27-17-22-21-15(23(17)2)7-11-5-6-28(25,26)9-11/h3-4,8,10-11H,5-7,9H2,1-2H3,(H,20,24). The Bertz CT molecular complexity index is 994. The van der Waals surface area contributed by atoms with Gasteiger partial charge in [0.2, 0.25) is 5.91 Å². The molecule has 1 saturated heterocycles. The Hall–Kier alpha value is -1.29. The quantitative estimate of drug-likeness (QED) is 0.662. The van der Waals surface area contributed by atoms with Gasteiger partial charge in [-0.3, -0.25) is 4.79 Å². The van der Waals surface area contributed by atoms with E-state index in [1.165, 1.54) is 11.8 Å². The van der Waals surface area contributed by atoms with Crippen LogP contribution in [0.1, 0.15) is 19.2 Å². The fraction of sp³-hybridized carbons (Fsp3) is 0.471. The van der Waals surface area contributed by atoms with Crippen molar-refractivity contribution in [1.29, 1.82) is 0 Å². The highest BCUT2D eigenvalue weighted by molar-refractivity contribution is 8.00. The molecule has 28 heavy (non-hydrogen) atoms. The van der Waals surface area contributed by atoms with Gasteiger partial charge in [-0.05, 0) is 37.5 Å². The zero-order valence-corrected chi connectivity index (χ0v) is 18.5. The van der Waals surface area contributed by atoms with Crippen molar-refractivity contribution in [3.8, 4) is 0 Å². The summed E-state index contributed by atoms with van der Waals surface area (Å²) in [5.74, 6) is 0.981. The maximum atomic E-state index is 12.5. The van der Waals surface area contributed by atoms with E-state index in [1.807, 2.05) is 11.6 Å². The molecular formula is C17H20Cl2N4O3S2. The molecule has 1 amide bonds. The van der Waals surface area contributed by atoms with Crippen LogP contribution < -0.4 is 5.32 Å². The van der Waals surface area contributed by atoms with Crippen molar-refractivity contribution in [1.82, 2.24) is 14.8 Å². The van der Waals surface area contributed by atoms with Gasteiger partial charge in [-0.25, -0.2) is 8.42 Å². The average molecular weight is 463 g/mol. The summed E-state index contributed by atoms with van der Waals surface area (Å²) in [6, 6.07) is 4.86. The molecule has 2 atom stereocenters. The van der Waals surface area contributed by atoms with Crippen molar-refractivity contribution in [3.63, 3.8) is 0 Å². The van der Waals surface area contributed by atoms with Crippen LogP contribution >= 0.6 is 35.0 Å². The molecule has 152 valence electrons. The molecule has 3 rings (SSSR count). The Morgan fingerprint density at radius 3 is 2.82 bits per heavy atom. The summed E-state index contributed by atoms with van der Waals surface area (Å²) in [6.45, 7) is 1.76. The molecule has 2 aromatic rings. The highest BCUT2D eigenvalue weighted by Gasteiger charge is 2.29. The normalized spacial score (nSPS) is 19.5. The fourth-order valence-electron chi connectivity index (χ4n) is 2.96. The molecular weight excluding hydrogens is 443 g/mol. The summed E-state index contributed by atoms with van der Waals surface area (Å²) in [7, 11) is -1.10. The van der Waals surface area contributed by atoms with Crippen molar-refractivity contribution in [3.05, 3.63) is 34.1 Å². The molecule has 0 saturated carbocycles. The molecule has 11 heteroatoms. The first kappa shape index (κ1) is 21.4. The second-order valence-corrected chi connectivity index (χ2v) is 11.2. The van der Waals surface area contributed by atoms with E-state index in [9.17, 15) is 13.2 Å². The van der Waals surface area contributed by atoms with E-state index in [0.29, 0.717) is 33.7 Å². The van der Waals surface area contributed by atoms with Crippen LogP contribution in [0, 0.1) is 5.92 Å². The van der Waals surface area contributed by atoms with Crippen LogP contribution in [-0.4, -0.2) is 45.8 Å². The molecule has 2 heterocycles. The van der Waals surface area contributed by atoms with E-state index in [-0.39, 0.29) is 23.3 Å². The van der Waals surface area contributed by atoms with E-state index in [0.717, 1.165) is 5.82 Å². The fourth-order valence-corrected chi connectivity index (χ4v) is 5.99. The summed E-state index contributed by atoms with van der Waals surface area (Å²) in [5, 5.41) is 12.1. The number of carbonyl (C=O) groups excluding carboxylic acids is 1. The third-order valence-electron chi connectivity index (χ3n) is 4.56. The van der Waals surface area contributed by atoms with E-state index in [4.69, 9.17) is 23.2 Å². The first-order chi connectivity index (χ1) is 13.1. The maximum Gasteiger partial charge on any atom is 0.237 e. The zero-order chi connectivity index (χ0) is 20.5. The minimum absolute atomic E-state index is 0.0662. The molecule has 0 aliphatic carbocycles. The molecule has 1 aromatic heterocycles. The van der Waals surface area contributed by atoms with E-state index >= 15 is 0 Å².